The molecule has 0 amide bonds. The number of hydrogen-bond acceptors (Lipinski definition) is 5. The van der Waals surface area contributed by atoms with E-state index in [0.29, 0.717) is 0 Å². The molecule has 2 N–H and O–H groups in total. The minimum absolute atomic E-state index is 0.0366. The molecule has 0 aliphatic heterocycles. The Labute approximate surface area is 143 Å². The molecule has 1 unspecified atom stereocenters. The summed E-state index contributed by atoms with van der Waals surface area (Å²) >= 11 is 0. The van der Waals surface area contributed by atoms with Gasteiger partial charge in [0.2, 0.25) is 15.7 Å². The van der Waals surface area contributed by atoms with Gasteiger partial charge in [0.25, 0.3) is 5.56 Å². The van der Waals surface area contributed by atoms with E-state index in [1.54, 1.807) is 24.3 Å². The Balaban J connectivity index is 2.41. The van der Waals surface area contributed by atoms with Crippen LogP contribution in [0.1, 0.15) is 11.4 Å². The topological polar surface area (TPSA) is 108 Å². The second kappa shape index (κ2) is 6.01. The Bertz CT molecular complexity index is 1100. The molecule has 0 aliphatic carbocycles. The monoisotopic (exact) mass is 362 g/mol. The van der Waals surface area contributed by atoms with Crippen LogP contribution in [0.3, 0.4) is 0 Å². The standard InChI is InChI=1S/C16H15FN4O3S/c1-21-9-13(11-5-2-3-6-12(11)14(21)22)16(17,10-25(18,23)24)15-19-7-4-8-20-15/h2-9H,10H2,1H3,(H2,18,23,24). The van der Waals surface area contributed by atoms with Gasteiger partial charge in [0.15, 0.2) is 5.82 Å². The first-order valence-electron chi connectivity index (χ1n) is 7.28. The van der Waals surface area contributed by atoms with Crippen LogP contribution in [0.5, 0.6) is 0 Å². The number of alkyl halides is 1. The van der Waals surface area contributed by atoms with E-state index in [4.69, 9.17) is 5.14 Å². The fraction of sp³-hybridized carbons (Fsp3) is 0.188. The summed E-state index contributed by atoms with van der Waals surface area (Å²) < 4.78 is 40.7. The van der Waals surface area contributed by atoms with E-state index in [9.17, 15) is 13.2 Å². The van der Waals surface area contributed by atoms with Gasteiger partial charge in [0.05, 0.1) is 0 Å². The number of nitrogens with two attached hydrogens (primary N) is 1. The van der Waals surface area contributed by atoms with Gasteiger partial charge < -0.3 is 4.57 Å². The maximum Gasteiger partial charge on any atom is 0.258 e. The molecule has 2 aromatic heterocycles. The van der Waals surface area contributed by atoms with Crippen LogP contribution in [0, 0.1) is 0 Å². The Morgan fingerprint density at radius 3 is 2.36 bits per heavy atom. The first-order valence-corrected chi connectivity index (χ1v) is 9.00. The highest BCUT2D eigenvalue weighted by atomic mass is 32.2. The van der Waals surface area contributed by atoms with Crippen molar-refractivity contribution in [2.24, 2.45) is 12.2 Å². The molecule has 130 valence electrons. The van der Waals surface area contributed by atoms with Gasteiger partial charge in [-0.3, -0.25) is 4.79 Å². The van der Waals surface area contributed by atoms with Gasteiger partial charge in [-0.2, -0.15) is 0 Å². The number of benzene rings is 1. The lowest BCUT2D eigenvalue weighted by Gasteiger charge is -2.25. The third-order valence-electron chi connectivity index (χ3n) is 3.84. The lowest BCUT2D eigenvalue weighted by molar-refractivity contribution is 0.239. The molecule has 0 fully saturated rings. The van der Waals surface area contributed by atoms with Crippen molar-refractivity contribution in [3.8, 4) is 0 Å². The predicted octanol–water partition coefficient (Wildman–Crippen LogP) is 0.830. The van der Waals surface area contributed by atoms with Crippen molar-refractivity contribution in [1.29, 1.82) is 0 Å². The Morgan fingerprint density at radius 1 is 1.16 bits per heavy atom. The van der Waals surface area contributed by atoms with E-state index in [1.807, 2.05) is 0 Å². The van der Waals surface area contributed by atoms with Crippen LogP contribution < -0.4 is 10.7 Å². The molecule has 0 saturated heterocycles. The fourth-order valence-corrected chi connectivity index (χ4v) is 3.61. The summed E-state index contributed by atoms with van der Waals surface area (Å²) in [5, 5.41) is 5.66. The number of sulfonamides is 1. The van der Waals surface area contributed by atoms with Crippen LogP contribution in [0.25, 0.3) is 10.8 Å². The van der Waals surface area contributed by atoms with E-state index in [2.05, 4.69) is 9.97 Å². The predicted molar refractivity (Wildman–Crippen MR) is 91.1 cm³/mol. The van der Waals surface area contributed by atoms with Crippen LogP contribution in [-0.2, 0) is 22.7 Å². The van der Waals surface area contributed by atoms with E-state index in [1.165, 1.54) is 36.3 Å². The Hall–Kier alpha value is -2.65. The van der Waals surface area contributed by atoms with Crippen molar-refractivity contribution in [2.45, 2.75) is 5.67 Å². The summed E-state index contributed by atoms with van der Waals surface area (Å²) in [6.45, 7) is 0. The number of hydrogen-bond donors (Lipinski definition) is 1. The number of halogens is 1. The number of primary sulfonamides is 1. The van der Waals surface area contributed by atoms with Crippen molar-refractivity contribution in [1.82, 2.24) is 14.5 Å². The van der Waals surface area contributed by atoms with Gasteiger partial charge in [0, 0.05) is 36.6 Å². The van der Waals surface area contributed by atoms with Crippen molar-refractivity contribution < 1.29 is 12.8 Å². The first kappa shape index (κ1) is 17.2. The summed E-state index contributed by atoms with van der Waals surface area (Å²) in [5.74, 6) is -1.39. The van der Waals surface area contributed by atoms with Gasteiger partial charge in [-0.1, -0.05) is 18.2 Å². The third kappa shape index (κ3) is 3.15. The molecule has 3 aromatic rings. The lowest BCUT2D eigenvalue weighted by Crippen LogP contribution is -2.37. The summed E-state index contributed by atoms with van der Waals surface area (Å²) in [6.07, 6.45) is 3.88. The smallest absolute Gasteiger partial charge is 0.258 e. The molecular formula is C16H15FN4O3S. The number of fused-ring (bicyclic) bond motifs is 1. The second-order valence-electron chi connectivity index (χ2n) is 5.69. The Kier molecular flexibility index (Phi) is 4.13. The third-order valence-corrected chi connectivity index (χ3v) is 4.64. The lowest BCUT2D eigenvalue weighted by atomic mass is 9.93. The number of rotatable bonds is 4. The highest BCUT2D eigenvalue weighted by Gasteiger charge is 2.43. The highest BCUT2D eigenvalue weighted by molar-refractivity contribution is 7.89. The maximum atomic E-state index is 16.1. The van der Waals surface area contributed by atoms with Crippen LogP contribution in [0.2, 0.25) is 0 Å². The minimum Gasteiger partial charge on any atom is -0.318 e. The highest BCUT2D eigenvalue weighted by Crippen LogP contribution is 2.36. The molecule has 25 heavy (non-hydrogen) atoms. The molecule has 0 aliphatic rings. The molecule has 9 heteroatoms. The molecule has 0 radical (unpaired) electrons. The zero-order valence-corrected chi connectivity index (χ0v) is 14.1. The van der Waals surface area contributed by atoms with Crippen molar-refractivity contribution in [2.75, 3.05) is 5.75 Å². The normalized spacial score (nSPS) is 14.4. The maximum absolute atomic E-state index is 16.1. The molecular weight excluding hydrogens is 347 g/mol. The second-order valence-corrected chi connectivity index (χ2v) is 7.30. The minimum atomic E-state index is -4.21. The van der Waals surface area contributed by atoms with E-state index >= 15 is 4.39 Å². The van der Waals surface area contributed by atoms with Crippen LogP contribution in [-0.4, -0.2) is 28.7 Å². The summed E-state index contributed by atoms with van der Waals surface area (Å²) in [7, 11) is -2.75. The Morgan fingerprint density at radius 2 is 1.76 bits per heavy atom. The van der Waals surface area contributed by atoms with Crippen molar-refractivity contribution >= 4 is 20.8 Å². The zero-order chi connectivity index (χ0) is 18.2. The molecule has 3 rings (SSSR count). The van der Waals surface area contributed by atoms with E-state index < -0.39 is 21.4 Å². The van der Waals surface area contributed by atoms with Gasteiger partial charge in [-0.15, -0.1) is 0 Å². The molecule has 0 bridgehead atoms. The van der Waals surface area contributed by atoms with Gasteiger partial charge in [-0.25, -0.2) is 27.9 Å². The number of nitrogens with zero attached hydrogens (tertiary/aromatic N) is 3. The molecule has 1 aromatic carbocycles. The van der Waals surface area contributed by atoms with Crippen LogP contribution >= 0.6 is 0 Å². The molecule has 0 spiro atoms. The molecule has 7 nitrogen and oxygen atoms in total. The van der Waals surface area contributed by atoms with Crippen molar-refractivity contribution in [3.63, 3.8) is 0 Å². The van der Waals surface area contributed by atoms with Crippen LogP contribution in [0.4, 0.5) is 4.39 Å². The molecule has 0 saturated carbocycles. The summed E-state index contributed by atoms with van der Waals surface area (Å²) in [5.41, 5.74) is -2.98. The van der Waals surface area contributed by atoms with Gasteiger partial charge in [-0.05, 0) is 17.5 Å². The van der Waals surface area contributed by atoms with Gasteiger partial charge >= 0.3 is 0 Å². The number of pyridine rings is 1. The average Bonchev–Trinajstić information content (AvgIpc) is 2.57. The van der Waals surface area contributed by atoms with Crippen LogP contribution in [0.15, 0.2) is 53.7 Å². The van der Waals surface area contributed by atoms with Gasteiger partial charge in [0.1, 0.15) is 5.75 Å². The summed E-state index contributed by atoms with van der Waals surface area (Å²) in [6, 6.07) is 7.86. The average molecular weight is 362 g/mol. The van der Waals surface area contributed by atoms with Crippen molar-refractivity contribution in [3.05, 3.63) is 70.7 Å². The van der Waals surface area contributed by atoms with E-state index in [0.717, 1.165) is 0 Å². The SMILES string of the molecule is Cn1cc(C(F)(CS(N)(=O)=O)c2ncccn2)c2ccccc2c1=O. The number of aryl methyl sites for hydroxylation is 1. The molecule has 1 atom stereocenters. The largest absolute Gasteiger partial charge is 0.318 e. The molecule has 2 heterocycles. The number of aromatic nitrogens is 3. The summed E-state index contributed by atoms with van der Waals surface area (Å²) in [4.78, 5) is 20.0. The zero-order valence-electron chi connectivity index (χ0n) is 13.3. The van der Waals surface area contributed by atoms with E-state index in [-0.39, 0.29) is 27.7 Å². The fourth-order valence-electron chi connectivity index (χ4n) is 2.78. The first-order chi connectivity index (χ1) is 11.7. The quantitative estimate of drug-likeness (QED) is 0.740.